The summed E-state index contributed by atoms with van der Waals surface area (Å²) in [6, 6.07) is 29.0. The van der Waals surface area contributed by atoms with E-state index in [1.165, 1.54) is 35.1 Å². The highest BCUT2D eigenvalue weighted by Crippen LogP contribution is 2.43. The molecule has 38 heavy (non-hydrogen) atoms. The molecule has 3 fully saturated rings. The highest BCUT2D eigenvalue weighted by molar-refractivity contribution is 5.95. The van der Waals surface area contributed by atoms with E-state index in [2.05, 4.69) is 65.6 Å². The lowest BCUT2D eigenvalue weighted by atomic mass is 9.85. The number of carbonyl (C=O) groups excluding carboxylic acids is 1. The van der Waals surface area contributed by atoms with Gasteiger partial charge in [-0.2, -0.15) is 0 Å². The summed E-state index contributed by atoms with van der Waals surface area (Å²) in [7, 11) is 1.74. The van der Waals surface area contributed by atoms with Gasteiger partial charge in [0.1, 0.15) is 5.75 Å². The molecule has 4 heteroatoms. The van der Waals surface area contributed by atoms with Crippen molar-refractivity contribution in [1.82, 2.24) is 9.80 Å². The maximum atomic E-state index is 12.9. The van der Waals surface area contributed by atoms with E-state index in [0.29, 0.717) is 12.1 Å². The van der Waals surface area contributed by atoms with Crippen LogP contribution in [0.25, 0.3) is 5.57 Å². The van der Waals surface area contributed by atoms with Crippen LogP contribution in [0.3, 0.4) is 0 Å². The minimum absolute atomic E-state index is 0.172. The van der Waals surface area contributed by atoms with Crippen LogP contribution in [0.5, 0.6) is 5.75 Å². The Morgan fingerprint density at radius 2 is 1.47 bits per heavy atom. The number of nitrogens with zero attached hydrogens (tertiary/aromatic N) is 2. The number of amides is 1. The molecule has 2 bridgehead atoms. The first-order valence-electron chi connectivity index (χ1n) is 14.3. The van der Waals surface area contributed by atoms with E-state index >= 15 is 0 Å². The highest BCUT2D eigenvalue weighted by Gasteiger charge is 2.39. The van der Waals surface area contributed by atoms with Crippen molar-refractivity contribution in [3.63, 3.8) is 0 Å². The first kappa shape index (κ1) is 24.9. The Hall–Kier alpha value is -3.37. The fourth-order valence-corrected chi connectivity index (χ4v) is 6.82. The van der Waals surface area contributed by atoms with Gasteiger partial charge in [-0.3, -0.25) is 9.69 Å². The molecule has 4 nitrogen and oxygen atoms in total. The fourth-order valence-electron chi connectivity index (χ4n) is 6.82. The molecule has 2 atom stereocenters. The van der Waals surface area contributed by atoms with Crippen LogP contribution in [0.1, 0.15) is 65.6 Å². The number of ether oxygens (including phenoxy) is 1. The average molecular weight is 507 g/mol. The Kier molecular flexibility index (Phi) is 7.33. The number of carbonyl (C=O) groups is 1. The van der Waals surface area contributed by atoms with Gasteiger partial charge in [-0.15, -0.1) is 0 Å². The number of methoxy groups -OCH3 is 1. The number of benzene rings is 3. The van der Waals surface area contributed by atoms with Gasteiger partial charge in [-0.1, -0.05) is 60.2 Å². The zero-order valence-electron chi connectivity index (χ0n) is 22.4. The van der Waals surface area contributed by atoms with Crippen LogP contribution in [-0.2, 0) is 6.42 Å². The maximum absolute atomic E-state index is 12.9. The second kappa shape index (κ2) is 11.2. The molecule has 3 aliphatic rings. The van der Waals surface area contributed by atoms with Crippen molar-refractivity contribution in [1.29, 1.82) is 0 Å². The third-order valence-electron chi connectivity index (χ3n) is 8.76. The lowest BCUT2D eigenvalue weighted by molar-refractivity contribution is 0.0793. The van der Waals surface area contributed by atoms with E-state index in [4.69, 9.17) is 4.74 Å². The quantitative estimate of drug-likeness (QED) is 0.362. The van der Waals surface area contributed by atoms with Crippen molar-refractivity contribution in [2.45, 2.75) is 57.0 Å². The van der Waals surface area contributed by atoms with Crippen LogP contribution in [0, 0.1) is 0 Å². The van der Waals surface area contributed by atoms with Gasteiger partial charge in [-0.05, 0) is 91.5 Å². The number of likely N-dealkylation sites (tertiary alicyclic amines) is 1. The van der Waals surface area contributed by atoms with Crippen LogP contribution < -0.4 is 4.74 Å². The molecular formula is C34H38N2O2. The molecule has 1 amide bonds. The van der Waals surface area contributed by atoms with Crippen molar-refractivity contribution >= 4 is 11.5 Å². The summed E-state index contributed by atoms with van der Waals surface area (Å²) in [5, 5.41) is 0. The molecule has 0 aromatic heterocycles. The third kappa shape index (κ3) is 5.15. The van der Waals surface area contributed by atoms with E-state index < -0.39 is 0 Å². The van der Waals surface area contributed by atoms with Crippen molar-refractivity contribution in [2.24, 2.45) is 0 Å². The Morgan fingerprint density at radius 1 is 0.816 bits per heavy atom. The summed E-state index contributed by atoms with van der Waals surface area (Å²) in [6.45, 7) is 2.87. The molecule has 196 valence electrons. The van der Waals surface area contributed by atoms with Gasteiger partial charge >= 0.3 is 0 Å². The minimum Gasteiger partial charge on any atom is -0.497 e. The second-order valence-corrected chi connectivity index (χ2v) is 11.1. The van der Waals surface area contributed by atoms with Crippen molar-refractivity contribution < 1.29 is 9.53 Å². The molecule has 0 radical (unpaired) electrons. The number of piperidine rings is 1. The number of hydrogen-bond acceptors (Lipinski definition) is 3. The Labute approximate surface area is 226 Å². The van der Waals surface area contributed by atoms with E-state index in [1.54, 1.807) is 12.7 Å². The second-order valence-electron chi connectivity index (χ2n) is 11.1. The molecular weight excluding hydrogens is 468 g/mol. The van der Waals surface area contributed by atoms with Crippen LogP contribution >= 0.6 is 0 Å². The van der Waals surface area contributed by atoms with Gasteiger partial charge in [-0.25, -0.2) is 0 Å². The molecule has 3 aromatic rings. The fraction of sp³-hybridized carbons (Fsp3) is 0.382. The molecule has 6 rings (SSSR count). The molecule has 0 aliphatic carbocycles. The van der Waals surface area contributed by atoms with E-state index in [-0.39, 0.29) is 5.91 Å². The van der Waals surface area contributed by atoms with Crippen LogP contribution in [-0.4, -0.2) is 54.5 Å². The topological polar surface area (TPSA) is 32.8 Å². The van der Waals surface area contributed by atoms with Crippen LogP contribution in [0.4, 0.5) is 0 Å². The third-order valence-corrected chi connectivity index (χ3v) is 8.76. The van der Waals surface area contributed by atoms with Gasteiger partial charge in [0.25, 0.3) is 5.91 Å². The summed E-state index contributed by atoms with van der Waals surface area (Å²) in [5.41, 5.74) is 7.60. The summed E-state index contributed by atoms with van der Waals surface area (Å²) >= 11 is 0. The normalized spacial score (nSPS) is 21.1. The monoisotopic (exact) mass is 506 g/mol. The van der Waals surface area contributed by atoms with Crippen LogP contribution in [0.15, 0.2) is 84.4 Å². The van der Waals surface area contributed by atoms with Gasteiger partial charge in [0.15, 0.2) is 0 Å². The predicted octanol–water partition coefficient (Wildman–Crippen LogP) is 6.60. The summed E-state index contributed by atoms with van der Waals surface area (Å²) in [6.07, 6.45) is 8.08. The Balaban J connectivity index is 1.24. The van der Waals surface area contributed by atoms with E-state index in [0.717, 1.165) is 63.1 Å². The van der Waals surface area contributed by atoms with Gasteiger partial charge in [0, 0.05) is 37.3 Å². The average Bonchev–Trinajstić information content (AvgIpc) is 3.59. The highest BCUT2D eigenvalue weighted by atomic mass is 16.5. The molecule has 0 saturated carbocycles. The molecule has 2 unspecified atom stereocenters. The maximum Gasteiger partial charge on any atom is 0.253 e. The predicted molar refractivity (Wildman–Crippen MR) is 153 cm³/mol. The molecule has 3 heterocycles. The Bertz CT molecular complexity index is 1280. The van der Waals surface area contributed by atoms with Crippen molar-refractivity contribution in [2.75, 3.05) is 26.7 Å². The zero-order chi connectivity index (χ0) is 25.9. The number of fused-ring (bicyclic) bond motifs is 2. The molecule has 3 saturated heterocycles. The van der Waals surface area contributed by atoms with Gasteiger partial charge in [0.05, 0.1) is 7.11 Å². The van der Waals surface area contributed by atoms with Crippen molar-refractivity contribution in [3.8, 4) is 5.75 Å². The summed E-state index contributed by atoms with van der Waals surface area (Å²) in [5.74, 6) is 1.11. The van der Waals surface area contributed by atoms with Gasteiger partial charge < -0.3 is 9.64 Å². The SMILES string of the molecule is COc1cccc(CCN2C3CCC2CC(=C(c2ccccc2)c2ccc(C(=O)N4CCCC4)cc2)C3)c1. The minimum atomic E-state index is 0.172. The molecule has 3 aliphatic heterocycles. The van der Waals surface area contributed by atoms with E-state index in [1.807, 2.05) is 23.1 Å². The summed E-state index contributed by atoms with van der Waals surface area (Å²) < 4.78 is 5.43. The van der Waals surface area contributed by atoms with Crippen molar-refractivity contribution in [3.05, 3.63) is 107 Å². The van der Waals surface area contributed by atoms with Crippen LogP contribution in [0.2, 0.25) is 0 Å². The lowest BCUT2D eigenvalue weighted by Gasteiger charge is -2.37. The standard InChI is InChI=1S/C34H38N2O2/c1-38-32-11-7-8-25(22-32)18-21-36-30-16-17-31(36)24-29(23-30)33(26-9-3-2-4-10-26)27-12-14-28(15-13-27)34(37)35-19-5-6-20-35/h2-4,7-15,22,30-31H,5-6,16-21,23-24H2,1H3. The molecule has 0 spiro atoms. The largest absolute Gasteiger partial charge is 0.497 e. The van der Waals surface area contributed by atoms with E-state index in [9.17, 15) is 4.79 Å². The number of hydrogen-bond donors (Lipinski definition) is 0. The summed E-state index contributed by atoms with van der Waals surface area (Å²) in [4.78, 5) is 17.7. The molecule has 0 N–H and O–H groups in total. The van der Waals surface area contributed by atoms with Gasteiger partial charge in [0.2, 0.25) is 0 Å². The first-order valence-corrected chi connectivity index (χ1v) is 14.3. The zero-order valence-corrected chi connectivity index (χ0v) is 22.4. The lowest BCUT2D eigenvalue weighted by Crippen LogP contribution is -2.41. The molecule has 3 aromatic carbocycles. The number of rotatable bonds is 7. The Morgan fingerprint density at radius 3 is 2.16 bits per heavy atom. The smallest absolute Gasteiger partial charge is 0.253 e. The first-order chi connectivity index (χ1) is 18.7.